The molecular weight excluding hydrogens is 335 g/mol. The number of rotatable bonds is 12. The average molecular weight is 361 g/mol. The first-order valence-corrected chi connectivity index (χ1v) is 9.50. The van der Waals surface area contributed by atoms with Gasteiger partial charge in [-0.25, -0.2) is 4.39 Å². The van der Waals surface area contributed by atoms with Crippen molar-refractivity contribution < 1.29 is 13.9 Å². The van der Waals surface area contributed by atoms with E-state index in [1.54, 1.807) is 12.1 Å². The Hall–Kier alpha value is -0.740. The van der Waals surface area contributed by atoms with Crippen LogP contribution in [0.1, 0.15) is 57.8 Å². The molecule has 0 bridgehead atoms. The van der Waals surface area contributed by atoms with E-state index in [2.05, 4.69) is 4.74 Å². The molecule has 5 heteroatoms. The number of alkyl halides is 1. The minimum Gasteiger partial charge on any atom is -0.469 e. The van der Waals surface area contributed by atoms with Gasteiger partial charge < -0.3 is 4.74 Å². The van der Waals surface area contributed by atoms with Crippen LogP contribution in [0.25, 0.3) is 0 Å². The molecule has 0 N–H and O–H groups in total. The van der Waals surface area contributed by atoms with Crippen LogP contribution in [0.5, 0.6) is 0 Å². The molecule has 0 fully saturated rings. The number of esters is 1. The lowest BCUT2D eigenvalue weighted by atomic mass is 10.1. The van der Waals surface area contributed by atoms with Gasteiger partial charge in [0.15, 0.2) is 0 Å². The van der Waals surface area contributed by atoms with Crippen LogP contribution >= 0.6 is 23.4 Å². The van der Waals surface area contributed by atoms with E-state index in [-0.39, 0.29) is 5.97 Å². The van der Waals surface area contributed by atoms with Crippen molar-refractivity contribution in [3.05, 3.63) is 29.3 Å². The van der Waals surface area contributed by atoms with Crippen LogP contribution in [0.4, 0.5) is 4.39 Å². The Kier molecular flexibility index (Phi) is 11.2. The Morgan fingerprint density at radius 2 is 1.65 bits per heavy atom. The van der Waals surface area contributed by atoms with Gasteiger partial charge in [-0.3, -0.25) is 4.79 Å². The van der Waals surface area contributed by atoms with Gasteiger partial charge in [-0.05, 0) is 43.5 Å². The Labute approximate surface area is 148 Å². The Bertz CT molecular complexity index is 439. The molecule has 1 aromatic carbocycles. The number of carbonyl (C=O) groups excluding carboxylic acids is 1. The van der Waals surface area contributed by atoms with Crippen LogP contribution in [0.2, 0.25) is 5.02 Å². The molecule has 2 nitrogen and oxygen atoms in total. The monoisotopic (exact) mass is 360 g/mol. The fourth-order valence-corrected chi connectivity index (χ4v) is 3.28. The van der Waals surface area contributed by atoms with E-state index in [0.29, 0.717) is 17.9 Å². The van der Waals surface area contributed by atoms with Gasteiger partial charge >= 0.3 is 5.97 Å². The first-order valence-electron chi connectivity index (χ1n) is 8.25. The molecule has 130 valence electrons. The summed E-state index contributed by atoms with van der Waals surface area (Å²) in [5.74, 6) is -0.128. The predicted octanol–water partition coefficient (Wildman–Crippen LogP) is 6.41. The molecule has 0 aromatic heterocycles. The van der Waals surface area contributed by atoms with Gasteiger partial charge in [-0.1, -0.05) is 55.5 Å². The lowest BCUT2D eigenvalue weighted by molar-refractivity contribution is -0.140. The zero-order chi connectivity index (χ0) is 16.9. The van der Waals surface area contributed by atoms with Gasteiger partial charge in [-0.15, -0.1) is 0 Å². The van der Waals surface area contributed by atoms with E-state index in [0.717, 1.165) is 49.8 Å². The molecule has 0 heterocycles. The Morgan fingerprint density at radius 3 is 2.26 bits per heavy atom. The highest BCUT2D eigenvalue weighted by atomic mass is 35.5. The second-order valence-electron chi connectivity index (χ2n) is 5.57. The number of benzene rings is 1. The molecule has 0 spiro atoms. The number of methoxy groups -OCH3 is 1. The van der Waals surface area contributed by atoms with Gasteiger partial charge in [0.2, 0.25) is 0 Å². The van der Waals surface area contributed by atoms with Gasteiger partial charge in [0, 0.05) is 16.3 Å². The average Bonchev–Trinajstić information content (AvgIpc) is 2.55. The first-order chi connectivity index (χ1) is 11.1. The van der Waals surface area contributed by atoms with Crippen molar-refractivity contribution in [1.29, 1.82) is 0 Å². The highest BCUT2D eigenvalue weighted by molar-refractivity contribution is 7.99. The Balaban J connectivity index is 1.94. The summed E-state index contributed by atoms with van der Waals surface area (Å²) in [6.45, 7) is 0. The highest BCUT2D eigenvalue weighted by Crippen LogP contribution is 2.28. The van der Waals surface area contributed by atoms with Gasteiger partial charge in [0.25, 0.3) is 0 Å². The summed E-state index contributed by atoms with van der Waals surface area (Å²) in [4.78, 5) is 11.9. The number of halogens is 2. The van der Waals surface area contributed by atoms with Crippen LogP contribution in [-0.2, 0) is 9.53 Å². The number of unbranched alkanes of at least 4 members (excludes halogenated alkanes) is 6. The summed E-state index contributed by atoms with van der Waals surface area (Å²) in [5.41, 5.74) is -0.851. The lowest BCUT2D eigenvalue weighted by Crippen LogP contribution is -1.99. The summed E-state index contributed by atoms with van der Waals surface area (Å²) < 4.78 is 18.5. The molecule has 0 saturated carbocycles. The minimum absolute atomic E-state index is 0.128. The predicted molar refractivity (Wildman–Crippen MR) is 95.8 cm³/mol. The van der Waals surface area contributed by atoms with Crippen LogP contribution in [-0.4, -0.2) is 18.6 Å². The van der Waals surface area contributed by atoms with Crippen molar-refractivity contribution in [2.75, 3.05) is 7.11 Å². The molecular formula is C18H26ClFO2S. The van der Waals surface area contributed by atoms with E-state index < -0.39 is 5.50 Å². The molecule has 0 aliphatic heterocycles. The second-order valence-corrected chi connectivity index (χ2v) is 7.23. The SMILES string of the molecule is COC(=O)CCCCCCCCCC(F)Sc1ccc(Cl)cc1. The fourth-order valence-electron chi connectivity index (χ4n) is 2.28. The summed E-state index contributed by atoms with van der Waals surface area (Å²) in [5, 5.41) is 0.677. The van der Waals surface area contributed by atoms with Crippen molar-refractivity contribution in [2.24, 2.45) is 0 Å². The van der Waals surface area contributed by atoms with Gasteiger partial charge in [-0.2, -0.15) is 0 Å². The summed E-state index contributed by atoms with van der Waals surface area (Å²) in [6.07, 6.45) is 8.49. The third-order valence-corrected chi connectivity index (χ3v) is 4.91. The number of carbonyl (C=O) groups is 1. The van der Waals surface area contributed by atoms with Crippen molar-refractivity contribution in [2.45, 2.75) is 68.2 Å². The maximum Gasteiger partial charge on any atom is 0.305 e. The number of thioether (sulfide) groups is 1. The first kappa shape index (κ1) is 20.3. The third kappa shape index (κ3) is 10.6. The Morgan fingerprint density at radius 1 is 1.09 bits per heavy atom. The zero-order valence-corrected chi connectivity index (χ0v) is 15.3. The van der Waals surface area contributed by atoms with Crippen molar-refractivity contribution in [3.63, 3.8) is 0 Å². The smallest absolute Gasteiger partial charge is 0.305 e. The van der Waals surface area contributed by atoms with Crippen molar-refractivity contribution in [3.8, 4) is 0 Å². The molecule has 1 rings (SSSR count). The summed E-state index contributed by atoms with van der Waals surface area (Å²) in [6, 6.07) is 7.29. The molecule has 0 radical (unpaired) electrons. The molecule has 0 aliphatic carbocycles. The maximum atomic E-state index is 13.9. The third-order valence-electron chi connectivity index (χ3n) is 3.62. The molecule has 0 aliphatic rings. The molecule has 1 unspecified atom stereocenters. The highest BCUT2D eigenvalue weighted by Gasteiger charge is 2.08. The van der Waals surface area contributed by atoms with Gasteiger partial charge in [0.05, 0.1) is 7.11 Å². The molecule has 1 aromatic rings. The minimum atomic E-state index is -0.851. The van der Waals surface area contributed by atoms with E-state index in [1.807, 2.05) is 12.1 Å². The van der Waals surface area contributed by atoms with E-state index in [9.17, 15) is 9.18 Å². The van der Waals surface area contributed by atoms with E-state index >= 15 is 0 Å². The second kappa shape index (κ2) is 12.7. The summed E-state index contributed by atoms with van der Waals surface area (Å²) in [7, 11) is 1.42. The van der Waals surface area contributed by atoms with Crippen LogP contribution in [0.3, 0.4) is 0 Å². The summed E-state index contributed by atoms with van der Waals surface area (Å²) >= 11 is 7.07. The molecule has 0 amide bonds. The quantitative estimate of drug-likeness (QED) is 0.244. The number of ether oxygens (including phenoxy) is 1. The topological polar surface area (TPSA) is 26.3 Å². The van der Waals surface area contributed by atoms with Crippen LogP contribution in [0.15, 0.2) is 29.2 Å². The maximum absolute atomic E-state index is 13.9. The van der Waals surface area contributed by atoms with Crippen LogP contribution < -0.4 is 0 Å². The van der Waals surface area contributed by atoms with Crippen molar-refractivity contribution in [1.82, 2.24) is 0 Å². The standard InChI is InChI=1S/C18H26ClFO2S/c1-22-18(21)10-8-6-4-2-3-5-7-9-17(20)23-16-13-11-15(19)12-14-16/h11-14,17H,2-10H2,1H3. The molecule has 23 heavy (non-hydrogen) atoms. The van der Waals surface area contributed by atoms with Crippen LogP contribution in [0, 0.1) is 0 Å². The fraction of sp³-hybridized carbons (Fsp3) is 0.611. The normalized spacial score (nSPS) is 12.1. The van der Waals surface area contributed by atoms with Gasteiger partial charge in [0.1, 0.15) is 5.50 Å². The van der Waals surface area contributed by atoms with E-state index in [4.69, 9.17) is 11.6 Å². The lowest BCUT2D eigenvalue weighted by Gasteiger charge is -2.08. The van der Waals surface area contributed by atoms with Crippen molar-refractivity contribution >= 4 is 29.3 Å². The largest absolute Gasteiger partial charge is 0.469 e. The zero-order valence-electron chi connectivity index (χ0n) is 13.7. The molecule has 0 saturated heterocycles. The molecule has 1 atom stereocenters. The number of hydrogen-bond acceptors (Lipinski definition) is 3. The van der Waals surface area contributed by atoms with E-state index in [1.165, 1.54) is 18.9 Å². The number of hydrogen-bond donors (Lipinski definition) is 0.